The van der Waals surface area contributed by atoms with E-state index in [-0.39, 0.29) is 12.2 Å². The summed E-state index contributed by atoms with van der Waals surface area (Å²) >= 11 is 0. The molecule has 0 aliphatic carbocycles. The molecule has 1 rings (SSSR count). The summed E-state index contributed by atoms with van der Waals surface area (Å²) in [5, 5.41) is 19.6. The molecule has 5 nitrogen and oxygen atoms in total. The van der Waals surface area contributed by atoms with Gasteiger partial charge in [0.1, 0.15) is 0 Å². The monoisotopic (exact) mass is 182 g/mol. The number of nitro groups is 1. The van der Waals surface area contributed by atoms with E-state index in [1.165, 1.54) is 18.2 Å². The number of hydrogen-bond acceptors (Lipinski definition) is 4. The Hall–Kier alpha value is -1.46. The van der Waals surface area contributed by atoms with Gasteiger partial charge in [-0.15, -0.1) is 0 Å². The molecule has 0 fully saturated rings. The van der Waals surface area contributed by atoms with E-state index < -0.39 is 11.0 Å². The van der Waals surface area contributed by atoms with Crippen LogP contribution < -0.4 is 5.73 Å². The largest absolute Gasteiger partial charge is 0.387 e. The molecule has 1 atom stereocenters. The molecule has 0 spiro atoms. The SMILES string of the molecule is NC[C@@H](O)c1cccc([N+](=O)[O-])c1. The van der Waals surface area contributed by atoms with Crippen LogP contribution in [0.2, 0.25) is 0 Å². The van der Waals surface area contributed by atoms with Gasteiger partial charge in [-0.05, 0) is 5.56 Å². The van der Waals surface area contributed by atoms with Crippen LogP contribution in [0.25, 0.3) is 0 Å². The van der Waals surface area contributed by atoms with Gasteiger partial charge in [-0.25, -0.2) is 0 Å². The molecular formula is C8H10N2O3. The van der Waals surface area contributed by atoms with E-state index in [1.807, 2.05) is 0 Å². The van der Waals surface area contributed by atoms with Crippen molar-refractivity contribution in [2.45, 2.75) is 6.10 Å². The number of aliphatic hydroxyl groups is 1. The molecule has 1 aromatic rings. The highest BCUT2D eigenvalue weighted by atomic mass is 16.6. The zero-order chi connectivity index (χ0) is 9.84. The van der Waals surface area contributed by atoms with Gasteiger partial charge in [0.05, 0.1) is 11.0 Å². The normalized spacial score (nSPS) is 12.5. The second-order valence-corrected chi connectivity index (χ2v) is 2.60. The van der Waals surface area contributed by atoms with Crippen LogP contribution in [0.15, 0.2) is 24.3 Å². The van der Waals surface area contributed by atoms with Crippen molar-refractivity contribution in [2.75, 3.05) is 6.54 Å². The molecule has 0 saturated carbocycles. The minimum atomic E-state index is -0.833. The Bertz CT molecular complexity index is 314. The Morgan fingerprint density at radius 2 is 2.31 bits per heavy atom. The summed E-state index contributed by atoms with van der Waals surface area (Å²) in [4.78, 5) is 9.85. The number of nitrogens with two attached hydrogens (primary N) is 1. The van der Waals surface area contributed by atoms with Gasteiger partial charge in [0.25, 0.3) is 5.69 Å². The number of non-ortho nitro benzene ring substituents is 1. The summed E-state index contributed by atoms with van der Waals surface area (Å²) in [5.74, 6) is 0. The van der Waals surface area contributed by atoms with Crippen LogP contribution >= 0.6 is 0 Å². The topological polar surface area (TPSA) is 89.4 Å². The minimum absolute atomic E-state index is 0.0370. The third kappa shape index (κ3) is 2.24. The quantitative estimate of drug-likeness (QED) is 0.528. The first kappa shape index (κ1) is 9.63. The Balaban J connectivity index is 2.98. The zero-order valence-electron chi connectivity index (χ0n) is 6.88. The number of aliphatic hydroxyl groups excluding tert-OH is 1. The molecule has 0 bridgehead atoms. The fourth-order valence-corrected chi connectivity index (χ4v) is 0.982. The molecule has 0 aromatic heterocycles. The van der Waals surface area contributed by atoms with Crippen molar-refractivity contribution in [3.63, 3.8) is 0 Å². The van der Waals surface area contributed by atoms with Crippen LogP contribution in [0.1, 0.15) is 11.7 Å². The lowest BCUT2D eigenvalue weighted by Gasteiger charge is -2.06. The minimum Gasteiger partial charge on any atom is -0.387 e. The molecule has 0 unspecified atom stereocenters. The first-order valence-corrected chi connectivity index (χ1v) is 3.77. The molecule has 0 radical (unpaired) electrons. The first-order valence-electron chi connectivity index (χ1n) is 3.77. The maximum atomic E-state index is 10.4. The number of hydrogen-bond donors (Lipinski definition) is 2. The lowest BCUT2D eigenvalue weighted by molar-refractivity contribution is -0.385. The molecule has 1 aromatic carbocycles. The fourth-order valence-electron chi connectivity index (χ4n) is 0.982. The van der Waals surface area contributed by atoms with Crippen molar-refractivity contribution in [1.82, 2.24) is 0 Å². The summed E-state index contributed by atoms with van der Waals surface area (Å²) < 4.78 is 0. The predicted molar refractivity (Wildman–Crippen MR) is 47.1 cm³/mol. The van der Waals surface area contributed by atoms with Gasteiger partial charge in [0.15, 0.2) is 0 Å². The summed E-state index contributed by atoms with van der Waals surface area (Å²) in [7, 11) is 0. The summed E-state index contributed by atoms with van der Waals surface area (Å²) in [6.07, 6.45) is -0.833. The van der Waals surface area contributed by atoms with Crippen LogP contribution in [-0.2, 0) is 0 Å². The third-order valence-electron chi connectivity index (χ3n) is 1.69. The van der Waals surface area contributed by atoms with E-state index in [0.29, 0.717) is 5.56 Å². The number of nitrogens with zero attached hydrogens (tertiary/aromatic N) is 1. The van der Waals surface area contributed by atoms with E-state index in [9.17, 15) is 15.2 Å². The molecule has 0 amide bonds. The van der Waals surface area contributed by atoms with Crippen molar-refractivity contribution in [3.8, 4) is 0 Å². The molecule has 0 aliphatic heterocycles. The van der Waals surface area contributed by atoms with Crippen LogP contribution in [0.5, 0.6) is 0 Å². The summed E-state index contributed by atoms with van der Waals surface area (Å²) in [6.45, 7) is 0.0567. The van der Waals surface area contributed by atoms with E-state index in [4.69, 9.17) is 5.73 Å². The van der Waals surface area contributed by atoms with Crippen LogP contribution in [0.3, 0.4) is 0 Å². The highest BCUT2D eigenvalue weighted by molar-refractivity contribution is 5.35. The second kappa shape index (κ2) is 3.97. The van der Waals surface area contributed by atoms with Gasteiger partial charge in [-0.1, -0.05) is 12.1 Å². The highest BCUT2D eigenvalue weighted by Gasteiger charge is 2.10. The fraction of sp³-hybridized carbons (Fsp3) is 0.250. The maximum Gasteiger partial charge on any atom is 0.269 e. The molecule has 3 N–H and O–H groups in total. The lowest BCUT2D eigenvalue weighted by atomic mass is 10.1. The van der Waals surface area contributed by atoms with E-state index in [1.54, 1.807) is 6.07 Å². The standard InChI is InChI=1S/C8H10N2O3/c9-5-8(11)6-2-1-3-7(4-6)10(12)13/h1-4,8,11H,5,9H2/t8-/m1/s1. The van der Waals surface area contributed by atoms with Crippen molar-refractivity contribution in [1.29, 1.82) is 0 Å². The highest BCUT2D eigenvalue weighted by Crippen LogP contribution is 2.17. The third-order valence-corrected chi connectivity index (χ3v) is 1.69. The van der Waals surface area contributed by atoms with Crippen molar-refractivity contribution in [2.24, 2.45) is 5.73 Å². The van der Waals surface area contributed by atoms with E-state index >= 15 is 0 Å². The first-order chi connectivity index (χ1) is 6.15. The number of nitro benzene ring substituents is 1. The average molecular weight is 182 g/mol. The van der Waals surface area contributed by atoms with Crippen molar-refractivity contribution < 1.29 is 10.0 Å². The Morgan fingerprint density at radius 3 is 2.85 bits per heavy atom. The van der Waals surface area contributed by atoms with E-state index in [0.717, 1.165) is 0 Å². The summed E-state index contributed by atoms with van der Waals surface area (Å²) in [5.41, 5.74) is 5.64. The maximum absolute atomic E-state index is 10.4. The lowest BCUT2D eigenvalue weighted by Crippen LogP contribution is -2.11. The van der Waals surface area contributed by atoms with Gasteiger partial charge in [0, 0.05) is 18.7 Å². The predicted octanol–water partition coefficient (Wildman–Crippen LogP) is 0.587. The molecular weight excluding hydrogens is 172 g/mol. The van der Waals surface area contributed by atoms with Crippen LogP contribution in [-0.4, -0.2) is 16.6 Å². The van der Waals surface area contributed by atoms with Gasteiger partial charge in [0.2, 0.25) is 0 Å². The molecule has 0 aliphatic rings. The van der Waals surface area contributed by atoms with Crippen LogP contribution in [0.4, 0.5) is 5.69 Å². The van der Waals surface area contributed by atoms with E-state index in [2.05, 4.69) is 0 Å². The number of benzene rings is 1. The van der Waals surface area contributed by atoms with Gasteiger partial charge < -0.3 is 10.8 Å². The molecule has 0 heterocycles. The molecule has 70 valence electrons. The number of rotatable bonds is 3. The molecule has 5 heteroatoms. The Kier molecular flexibility index (Phi) is 2.94. The summed E-state index contributed by atoms with van der Waals surface area (Å²) in [6, 6.07) is 5.81. The zero-order valence-corrected chi connectivity index (χ0v) is 6.88. The Morgan fingerprint density at radius 1 is 1.62 bits per heavy atom. The van der Waals surface area contributed by atoms with Crippen molar-refractivity contribution >= 4 is 5.69 Å². The van der Waals surface area contributed by atoms with Gasteiger partial charge in [-0.3, -0.25) is 10.1 Å². The van der Waals surface area contributed by atoms with Gasteiger partial charge in [-0.2, -0.15) is 0 Å². The molecule has 0 saturated heterocycles. The van der Waals surface area contributed by atoms with Crippen LogP contribution in [0, 0.1) is 10.1 Å². The van der Waals surface area contributed by atoms with Crippen molar-refractivity contribution in [3.05, 3.63) is 39.9 Å². The van der Waals surface area contributed by atoms with Gasteiger partial charge >= 0.3 is 0 Å². The average Bonchev–Trinajstić information content (AvgIpc) is 2.17. The Labute approximate surface area is 74.9 Å². The second-order valence-electron chi connectivity index (χ2n) is 2.60. The molecule has 13 heavy (non-hydrogen) atoms. The smallest absolute Gasteiger partial charge is 0.269 e.